The average Bonchev–Trinajstić information content (AvgIpc) is 2.80. The van der Waals surface area contributed by atoms with Gasteiger partial charge in [-0.2, -0.15) is 5.10 Å². The van der Waals surface area contributed by atoms with E-state index >= 15 is 0 Å². The molecule has 1 aromatic heterocycles. The Morgan fingerprint density at radius 1 is 1.48 bits per heavy atom. The van der Waals surface area contributed by atoms with Crippen molar-refractivity contribution in [3.05, 3.63) is 41.2 Å². The molecule has 2 rings (SSSR count). The Bertz CT molecular complexity index is 636. The van der Waals surface area contributed by atoms with Gasteiger partial charge < -0.3 is 15.7 Å². The zero-order valence-electron chi connectivity index (χ0n) is 12.3. The van der Waals surface area contributed by atoms with Gasteiger partial charge in [-0.1, -0.05) is 25.5 Å². The van der Waals surface area contributed by atoms with Crippen LogP contribution in [0.5, 0.6) is 5.75 Å². The maximum absolute atomic E-state index is 12.4. The molecule has 2 aromatic rings. The Labute approximate surface area is 123 Å². The number of H-pyrrole nitrogens is 1. The number of hydrogen-bond acceptors (Lipinski definition) is 4. The number of amides is 1. The van der Waals surface area contributed by atoms with Gasteiger partial charge in [0.05, 0.1) is 11.4 Å². The van der Waals surface area contributed by atoms with Crippen LogP contribution in [0.4, 0.5) is 5.69 Å². The minimum absolute atomic E-state index is 0.179. The number of phenolic OH excluding ortho intramolecular Hbond substituents is 1. The predicted octanol–water partition coefficient (Wildman–Crippen LogP) is 1.92. The van der Waals surface area contributed by atoms with Crippen LogP contribution in [0.25, 0.3) is 0 Å². The van der Waals surface area contributed by atoms with Gasteiger partial charge in [0.2, 0.25) is 0 Å². The molecular weight excluding hydrogens is 268 g/mol. The Morgan fingerprint density at radius 3 is 2.90 bits per heavy atom. The minimum atomic E-state index is -0.241. The summed E-state index contributed by atoms with van der Waals surface area (Å²) in [5.41, 5.74) is 8.28. The van der Waals surface area contributed by atoms with Gasteiger partial charge >= 0.3 is 0 Å². The van der Waals surface area contributed by atoms with Crippen LogP contribution in [0.2, 0.25) is 0 Å². The number of rotatable bonds is 5. The van der Waals surface area contributed by atoms with Crippen molar-refractivity contribution in [2.45, 2.75) is 26.3 Å². The van der Waals surface area contributed by atoms with E-state index in [0.29, 0.717) is 12.2 Å². The molecule has 0 aliphatic rings. The highest BCUT2D eigenvalue weighted by Gasteiger charge is 2.20. The van der Waals surface area contributed by atoms with Crippen molar-refractivity contribution in [3.63, 3.8) is 0 Å². The summed E-state index contributed by atoms with van der Waals surface area (Å²) in [5, 5.41) is 16.3. The summed E-state index contributed by atoms with van der Waals surface area (Å²) in [7, 11) is 1.68. The number of nitrogen functional groups attached to an aromatic ring is 1. The number of aromatic amines is 1. The molecule has 1 heterocycles. The first-order valence-corrected chi connectivity index (χ1v) is 6.89. The number of aromatic nitrogens is 2. The lowest BCUT2D eigenvalue weighted by molar-refractivity contribution is 0.0780. The number of phenols is 1. The van der Waals surface area contributed by atoms with Crippen LogP contribution in [0.3, 0.4) is 0 Å². The molecule has 0 spiro atoms. The Kier molecular flexibility index (Phi) is 4.47. The summed E-state index contributed by atoms with van der Waals surface area (Å²) >= 11 is 0. The summed E-state index contributed by atoms with van der Waals surface area (Å²) < 4.78 is 0. The smallest absolute Gasteiger partial charge is 0.276 e. The number of benzene rings is 1. The second-order valence-electron chi connectivity index (χ2n) is 5.05. The van der Waals surface area contributed by atoms with E-state index in [-0.39, 0.29) is 17.4 Å². The first-order valence-electron chi connectivity index (χ1n) is 6.89. The maximum Gasteiger partial charge on any atom is 0.276 e. The molecule has 6 heteroatoms. The molecule has 0 atom stereocenters. The largest absolute Gasteiger partial charge is 0.508 e. The van der Waals surface area contributed by atoms with Crippen molar-refractivity contribution >= 4 is 11.6 Å². The molecule has 1 amide bonds. The van der Waals surface area contributed by atoms with Gasteiger partial charge in [0.1, 0.15) is 5.75 Å². The van der Waals surface area contributed by atoms with Gasteiger partial charge in [-0.15, -0.1) is 0 Å². The maximum atomic E-state index is 12.4. The Hall–Kier alpha value is -2.50. The quantitative estimate of drug-likeness (QED) is 0.783. The van der Waals surface area contributed by atoms with Crippen LogP contribution in [0.1, 0.15) is 35.1 Å². The standard InChI is InChI=1S/C15H20N4O2/c1-3-5-12-13(16)14(18-17-12)15(21)19(2)9-10-6-4-7-11(20)8-10/h4,6-8,20H,3,5,9,16H2,1-2H3,(H,17,18). The van der Waals surface area contributed by atoms with E-state index in [9.17, 15) is 9.90 Å². The molecule has 21 heavy (non-hydrogen) atoms. The normalized spacial score (nSPS) is 10.6. The van der Waals surface area contributed by atoms with Crippen molar-refractivity contribution in [2.75, 3.05) is 12.8 Å². The van der Waals surface area contributed by atoms with E-state index in [0.717, 1.165) is 24.1 Å². The van der Waals surface area contributed by atoms with Gasteiger partial charge in [0.15, 0.2) is 5.69 Å². The fourth-order valence-electron chi connectivity index (χ4n) is 2.17. The molecule has 0 radical (unpaired) electrons. The molecule has 6 nitrogen and oxygen atoms in total. The molecule has 0 saturated heterocycles. The van der Waals surface area contributed by atoms with Gasteiger partial charge in [0.25, 0.3) is 5.91 Å². The van der Waals surface area contributed by atoms with E-state index in [1.807, 2.05) is 13.0 Å². The van der Waals surface area contributed by atoms with Crippen molar-refractivity contribution in [2.24, 2.45) is 0 Å². The van der Waals surface area contributed by atoms with Gasteiger partial charge in [-0.3, -0.25) is 9.89 Å². The van der Waals surface area contributed by atoms with Crippen molar-refractivity contribution in [1.29, 1.82) is 0 Å². The van der Waals surface area contributed by atoms with Crippen LogP contribution in [0.15, 0.2) is 24.3 Å². The highest BCUT2D eigenvalue weighted by Crippen LogP contribution is 2.18. The number of carbonyl (C=O) groups excluding carboxylic acids is 1. The Morgan fingerprint density at radius 2 is 2.24 bits per heavy atom. The number of aromatic hydroxyl groups is 1. The molecule has 0 fully saturated rings. The van der Waals surface area contributed by atoms with Crippen molar-refractivity contribution in [3.8, 4) is 5.75 Å². The lowest BCUT2D eigenvalue weighted by Gasteiger charge is -2.16. The molecule has 0 unspecified atom stereocenters. The SMILES string of the molecule is CCCc1[nH]nc(C(=O)N(C)Cc2cccc(O)c2)c1N. The van der Waals surface area contributed by atoms with Crippen molar-refractivity contribution < 1.29 is 9.90 Å². The Balaban J connectivity index is 2.12. The lowest BCUT2D eigenvalue weighted by atomic mass is 10.2. The third-order valence-electron chi connectivity index (χ3n) is 3.26. The van der Waals surface area contributed by atoms with Crippen LogP contribution in [0, 0.1) is 0 Å². The number of anilines is 1. The summed E-state index contributed by atoms with van der Waals surface area (Å²) in [6, 6.07) is 6.80. The predicted molar refractivity (Wildman–Crippen MR) is 80.9 cm³/mol. The summed E-state index contributed by atoms with van der Waals surface area (Å²) in [4.78, 5) is 13.9. The molecule has 0 bridgehead atoms. The first kappa shape index (κ1) is 14.9. The molecule has 0 aliphatic carbocycles. The second-order valence-corrected chi connectivity index (χ2v) is 5.05. The lowest BCUT2D eigenvalue weighted by Crippen LogP contribution is -2.27. The number of aryl methyl sites for hydroxylation is 1. The zero-order valence-corrected chi connectivity index (χ0v) is 12.3. The number of hydrogen-bond donors (Lipinski definition) is 3. The molecule has 4 N–H and O–H groups in total. The number of nitrogens with zero attached hydrogens (tertiary/aromatic N) is 2. The highest BCUT2D eigenvalue weighted by molar-refractivity contribution is 5.97. The van der Waals surface area contributed by atoms with Crippen LogP contribution in [-0.2, 0) is 13.0 Å². The van der Waals surface area contributed by atoms with Crippen LogP contribution < -0.4 is 5.73 Å². The number of nitrogens with one attached hydrogen (secondary N) is 1. The van der Waals surface area contributed by atoms with E-state index in [1.165, 1.54) is 4.90 Å². The summed E-state index contributed by atoms with van der Waals surface area (Å²) in [5.74, 6) is -0.0627. The average molecular weight is 288 g/mol. The van der Waals surface area contributed by atoms with Gasteiger partial charge in [-0.25, -0.2) is 0 Å². The van der Waals surface area contributed by atoms with E-state index in [1.54, 1.807) is 25.2 Å². The fraction of sp³-hybridized carbons (Fsp3) is 0.333. The van der Waals surface area contributed by atoms with E-state index < -0.39 is 0 Å². The minimum Gasteiger partial charge on any atom is -0.508 e. The zero-order chi connectivity index (χ0) is 15.4. The number of carbonyl (C=O) groups is 1. The molecule has 0 aliphatic heterocycles. The molecule has 0 saturated carbocycles. The molecule has 112 valence electrons. The van der Waals surface area contributed by atoms with Crippen LogP contribution in [-0.4, -0.2) is 33.2 Å². The molecule has 1 aromatic carbocycles. The molecular formula is C15H20N4O2. The van der Waals surface area contributed by atoms with Gasteiger partial charge in [0, 0.05) is 13.6 Å². The van der Waals surface area contributed by atoms with Crippen LogP contribution >= 0.6 is 0 Å². The van der Waals surface area contributed by atoms with Crippen molar-refractivity contribution in [1.82, 2.24) is 15.1 Å². The number of nitrogens with two attached hydrogens (primary N) is 1. The van der Waals surface area contributed by atoms with E-state index in [2.05, 4.69) is 10.2 Å². The third-order valence-corrected chi connectivity index (χ3v) is 3.26. The van der Waals surface area contributed by atoms with Gasteiger partial charge in [-0.05, 0) is 24.1 Å². The first-order chi connectivity index (χ1) is 10.0. The highest BCUT2D eigenvalue weighted by atomic mass is 16.3. The second kappa shape index (κ2) is 6.30. The summed E-state index contributed by atoms with van der Waals surface area (Å²) in [6.07, 6.45) is 1.70. The third kappa shape index (κ3) is 3.34. The van der Waals surface area contributed by atoms with E-state index in [4.69, 9.17) is 5.73 Å². The summed E-state index contributed by atoms with van der Waals surface area (Å²) in [6.45, 7) is 2.42. The monoisotopic (exact) mass is 288 g/mol. The topological polar surface area (TPSA) is 95.2 Å². The fourth-order valence-corrected chi connectivity index (χ4v) is 2.17.